The number of hydrogen-bond donors (Lipinski definition) is 1. The number of carbonyl (C=O) groups excluding carboxylic acids is 2. The summed E-state index contributed by atoms with van der Waals surface area (Å²) < 4.78 is 0. The number of hydrogen-bond acceptors (Lipinski definition) is 3. The van der Waals surface area contributed by atoms with E-state index in [2.05, 4.69) is 0 Å². The molecule has 2 amide bonds. The minimum Gasteiger partial charge on any atom is -0.368 e. The lowest BCUT2D eigenvalue weighted by Crippen LogP contribution is -2.51. The number of primary amides is 1. The van der Waals surface area contributed by atoms with Crippen molar-refractivity contribution in [1.29, 1.82) is 0 Å². The largest absolute Gasteiger partial charge is 0.368 e. The highest BCUT2D eigenvalue weighted by Crippen LogP contribution is 2.22. The number of nitrogens with two attached hydrogens (primary N) is 1. The number of piperidine rings is 1. The summed E-state index contributed by atoms with van der Waals surface area (Å²) in [6, 6.07) is 7.65. The highest BCUT2D eigenvalue weighted by atomic mass is 32.2. The van der Waals surface area contributed by atoms with Crippen LogP contribution in [0.25, 0.3) is 0 Å². The van der Waals surface area contributed by atoms with Crippen LogP contribution in [0.3, 0.4) is 0 Å². The molecule has 5 heteroatoms. The molecule has 2 rings (SSSR count). The zero-order valence-electron chi connectivity index (χ0n) is 11.7. The van der Waals surface area contributed by atoms with Gasteiger partial charge >= 0.3 is 0 Å². The van der Waals surface area contributed by atoms with Gasteiger partial charge in [-0.2, -0.15) is 0 Å². The van der Waals surface area contributed by atoms with Gasteiger partial charge in [-0.05, 0) is 38.3 Å². The van der Waals surface area contributed by atoms with Crippen LogP contribution in [0.15, 0.2) is 29.2 Å². The molecule has 0 aromatic heterocycles. The van der Waals surface area contributed by atoms with Gasteiger partial charge in [0.25, 0.3) is 0 Å². The first-order valence-corrected chi connectivity index (χ1v) is 7.85. The second kappa shape index (κ2) is 6.79. The second-order valence-corrected chi connectivity index (χ2v) is 6.15. The first kappa shape index (κ1) is 14.9. The summed E-state index contributed by atoms with van der Waals surface area (Å²) in [5.41, 5.74) is 6.58. The Morgan fingerprint density at radius 2 is 2.00 bits per heavy atom. The van der Waals surface area contributed by atoms with Gasteiger partial charge in [0.1, 0.15) is 6.04 Å². The molecule has 108 valence electrons. The van der Waals surface area contributed by atoms with Gasteiger partial charge < -0.3 is 10.6 Å². The normalized spacial score (nSPS) is 18.9. The molecule has 0 spiro atoms. The first-order chi connectivity index (χ1) is 9.58. The van der Waals surface area contributed by atoms with E-state index >= 15 is 0 Å². The maximum absolute atomic E-state index is 12.3. The standard InChI is InChI=1S/C15H20N2O2S/c1-11-5-7-12(8-6-11)20-10-14(18)17-9-3-2-4-13(17)15(16)19/h5-8,13H,2-4,9-10H2,1H3,(H2,16,19). The predicted octanol–water partition coefficient (Wildman–Crippen LogP) is 1.95. The molecule has 1 aromatic rings. The average Bonchev–Trinajstić information content (AvgIpc) is 2.46. The minimum atomic E-state index is -0.421. The molecule has 0 bridgehead atoms. The van der Waals surface area contributed by atoms with E-state index in [1.54, 1.807) is 4.90 Å². The van der Waals surface area contributed by atoms with Crippen LogP contribution in [0, 0.1) is 6.92 Å². The Kier molecular flexibility index (Phi) is 5.06. The van der Waals surface area contributed by atoms with Gasteiger partial charge in [0.2, 0.25) is 11.8 Å². The molecule has 2 N–H and O–H groups in total. The van der Waals surface area contributed by atoms with Crippen molar-refractivity contribution in [3.63, 3.8) is 0 Å². The van der Waals surface area contributed by atoms with Gasteiger partial charge in [0, 0.05) is 11.4 Å². The summed E-state index contributed by atoms with van der Waals surface area (Å²) in [7, 11) is 0. The fraction of sp³-hybridized carbons (Fsp3) is 0.467. The monoisotopic (exact) mass is 292 g/mol. The van der Waals surface area contributed by atoms with Crippen molar-refractivity contribution in [2.75, 3.05) is 12.3 Å². The summed E-state index contributed by atoms with van der Waals surface area (Å²) >= 11 is 1.50. The van der Waals surface area contributed by atoms with E-state index in [9.17, 15) is 9.59 Å². The molecular formula is C15H20N2O2S. The Labute approximate surface area is 123 Å². The molecule has 0 aliphatic carbocycles. The fourth-order valence-corrected chi connectivity index (χ4v) is 3.17. The first-order valence-electron chi connectivity index (χ1n) is 6.86. The third-order valence-electron chi connectivity index (χ3n) is 3.53. The van der Waals surface area contributed by atoms with E-state index in [0.717, 1.165) is 17.7 Å². The van der Waals surface area contributed by atoms with Gasteiger partial charge in [-0.3, -0.25) is 9.59 Å². The zero-order valence-corrected chi connectivity index (χ0v) is 12.5. The van der Waals surface area contributed by atoms with Crippen LogP contribution in [-0.4, -0.2) is 35.1 Å². The Morgan fingerprint density at radius 1 is 1.30 bits per heavy atom. The zero-order chi connectivity index (χ0) is 14.5. The summed E-state index contributed by atoms with van der Waals surface area (Å²) in [6.07, 6.45) is 2.60. The Balaban J connectivity index is 1.93. The molecule has 1 aromatic carbocycles. The van der Waals surface area contributed by atoms with Gasteiger partial charge in [-0.25, -0.2) is 0 Å². The van der Waals surface area contributed by atoms with E-state index < -0.39 is 11.9 Å². The predicted molar refractivity (Wildman–Crippen MR) is 80.4 cm³/mol. The maximum Gasteiger partial charge on any atom is 0.240 e. The molecule has 1 aliphatic rings. The Morgan fingerprint density at radius 3 is 2.65 bits per heavy atom. The number of rotatable bonds is 4. The number of aryl methyl sites for hydroxylation is 1. The van der Waals surface area contributed by atoms with Gasteiger partial charge in [0.15, 0.2) is 0 Å². The molecule has 0 radical (unpaired) electrons. The van der Waals surface area contributed by atoms with E-state index in [0.29, 0.717) is 18.7 Å². The Hall–Kier alpha value is -1.49. The van der Waals surface area contributed by atoms with Crippen molar-refractivity contribution in [3.8, 4) is 0 Å². The van der Waals surface area contributed by atoms with Crippen molar-refractivity contribution in [2.24, 2.45) is 5.73 Å². The van der Waals surface area contributed by atoms with E-state index in [4.69, 9.17) is 5.73 Å². The number of amides is 2. The second-order valence-electron chi connectivity index (χ2n) is 5.10. The number of thioether (sulfide) groups is 1. The number of nitrogens with zero attached hydrogens (tertiary/aromatic N) is 1. The smallest absolute Gasteiger partial charge is 0.240 e. The number of carbonyl (C=O) groups is 2. The van der Waals surface area contributed by atoms with Gasteiger partial charge in [0.05, 0.1) is 5.75 Å². The molecule has 1 saturated heterocycles. The minimum absolute atomic E-state index is 0.000856. The third-order valence-corrected chi connectivity index (χ3v) is 4.53. The van der Waals surface area contributed by atoms with Crippen molar-refractivity contribution < 1.29 is 9.59 Å². The van der Waals surface area contributed by atoms with Crippen LogP contribution in [0.5, 0.6) is 0 Å². The quantitative estimate of drug-likeness (QED) is 0.863. The summed E-state index contributed by atoms with van der Waals surface area (Å²) in [6.45, 7) is 2.67. The SMILES string of the molecule is Cc1ccc(SCC(=O)N2CCCCC2C(N)=O)cc1. The molecule has 1 unspecified atom stereocenters. The van der Waals surface area contributed by atoms with Gasteiger partial charge in [-0.1, -0.05) is 17.7 Å². The Bertz CT molecular complexity index is 487. The fourth-order valence-electron chi connectivity index (χ4n) is 2.39. The van der Waals surface area contributed by atoms with E-state index in [-0.39, 0.29) is 5.91 Å². The molecule has 0 saturated carbocycles. The van der Waals surface area contributed by atoms with Crippen molar-refractivity contribution >= 4 is 23.6 Å². The lowest BCUT2D eigenvalue weighted by Gasteiger charge is -2.33. The highest BCUT2D eigenvalue weighted by molar-refractivity contribution is 8.00. The topological polar surface area (TPSA) is 63.4 Å². The van der Waals surface area contributed by atoms with Crippen LogP contribution in [0.1, 0.15) is 24.8 Å². The number of likely N-dealkylation sites (tertiary alicyclic amines) is 1. The van der Waals surface area contributed by atoms with Crippen molar-refractivity contribution in [2.45, 2.75) is 37.1 Å². The summed E-state index contributed by atoms with van der Waals surface area (Å²) in [5, 5.41) is 0. The highest BCUT2D eigenvalue weighted by Gasteiger charge is 2.30. The van der Waals surface area contributed by atoms with Crippen LogP contribution in [-0.2, 0) is 9.59 Å². The summed E-state index contributed by atoms with van der Waals surface area (Å²) in [5.74, 6) is -0.0372. The molecule has 1 aliphatic heterocycles. The summed E-state index contributed by atoms with van der Waals surface area (Å²) in [4.78, 5) is 26.4. The molecule has 1 fully saturated rings. The third kappa shape index (κ3) is 3.76. The molecule has 1 heterocycles. The van der Waals surface area contributed by atoms with Crippen LogP contribution in [0.4, 0.5) is 0 Å². The van der Waals surface area contributed by atoms with E-state index in [1.165, 1.54) is 17.3 Å². The van der Waals surface area contributed by atoms with Crippen LogP contribution in [0.2, 0.25) is 0 Å². The number of benzene rings is 1. The molecular weight excluding hydrogens is 272 g/mol. The lowest BCUT2D eigenvalue weighted by atomic mass is 10.0. The lowest BCUT2D eigenvalue weighted by molar-refractivity contribution is -0.138. The van der Waals surface area contributed by atoms with Crippen molar-refractivity contribution in [3.05, 3.63) is 29.8 Å². The van der Waals surface area contributed by atoms with Gasteiger partial charge in [-0.15, -0.1) is 11.8 Å². The molecule has 1 atom stereocenters. The van der Waals surface area contributed by atoms with Crippen LogP contribution < -0.4 is 5.73 Å². The van der Waals surface area contributed by atoms with Crippen molar-refractivity contribution in [1.82, 2.24) is 4.90 Å². The average molecular weight is 292 g/mol. The maximum atomic E-state index is 12.3. The van der Waals surface area contributed by atoms with E-state index in [1.807, 2.05) is 31.2 Å². The molecule has 4 nitrogen and oxygen atoms in total. The van der Waals surface area contributed by atoms with Crippen LogP contribution >= 0.6 is 11.8 Å². The molecule has 20 heavy (non-hydrogen) atoms.